The molecule has 4 atom stereocenters. The van der Waals surface area contributed by atoms with Crippen molar-refractivity contribution in [2.45, 2.75) is 60.7 Å². The molecule has 2 aliphatic rings. The molecule has 0 aliphatic carbocycles. The summed E-state index contributed by atoms with van der Waals surface area (Å²) in [4.78, 5) is 32.9. The number of hydrogen-bond donors (Lipinski definition) is 2. The summed E-state index contributed by atoms with van der Waals surface area (Å²) < 4.78 is 114. The van der Waals surface area contributed by atoms with Crippen LogP contribution in [0.3, 0.4) is 0 Å². The van der Waals surface area contributed by atoms with Gasteiger partial charge in [-0.1, -0.05) is 18.2 Å². The lowest BCUT2D eigenvalue weighted by atomic mass is 10.1. The minimum Gasteiger partial charge on any atom is -0.352 e. The molecule has 1 N–H and O–H groups in total. The van der Waals surface area contributed by atoms with E-state index in [4.69, 9.17) is 11.6 Å². The maximum atomic E-state index is 15.4. The van der Waals surface area contributed by atoms with Crippen LogP contribution in [0.2, 0.25) is 5.02 Å². The molecule has 1 amide bonds. The van der Waals surface area contributed by atoms with Gasteiger partial charge in [-0.2, -0.15) is 42.2 Å². The fourth-order valence-corrected chi connectivity index (χ4v) is 9.11. The Morgan fingerprint density at radius 1 is 1.04 bits per heavy atom. The third-order valence-electron chi connectivity index (χ3n) is 7.98. The van der Waals surface area contributed by atoms with Crippen LogP contribution in [0.1, 0.15) is 19.4 Å². The van der Waals surface area contributed by atoms with Crippen LogP contribution < -0.4 is 15.9 Å². The summed E-state index contributed by atoms with van der Waals surface area (Å²) in [5.74, 6) is -3.10. The number of amides is 1. The summed E-state index contributed by atoms with van der Waals surface area (Å²) in [5, 5.41) is 1.64. The van der Waals surface area contributed by atoms with Crippen LogP contribution in [0.25, 0.3) is 10.9 Å². The summed E-state index contributed by atoms with van der Waals surface area (Å²) in [7, 11) is -2.30. The Hall–Kier alpha value is -3.37. The van der Waals surface area contributed by atoms with E-state index in [0.717, 1.165) is 28.8 Å². The van der Waals surface area contributed by atoms with E-state index in [0.29, 0.717) is 6.07 Å². The lowest BCUT2D eigenvalue weighted by molar-refractivity contribution is -0.137. The van der Waals surface area contributed by atoms with Gasteiger partial charge in [0, 0.05) is 59.0 Å². The van der Waals surface area contributed by atoms with Gasteiger partial charge in [0.15, 0.2) is 0 Å². The summed E-state index contributed by atoms with van der Waals surface area (Å²) in [5.41, 5.74) is -2.16. The second-order valence-corrected chi connectivity index (χ2v) is 13.9. The fourth-order valence-electron chi connectivity index (χ4n) is 6.13. The van der Waals surface area contributed by atoms with Crippen LogP contribution in [0.15, 0.2) is 51.5 Å². The lowest BCUT2D eigenvalue weighted by Gasteiger charge is -2.44. The van der Waals surface area contributed by atoms with E-state index >= 15 is 4.39 Å². The van der Waals surface area contributed by atoms with Gasteiger partial charge in [-0.15, -0.1) is 0 Å². The Labute approximate surface area is 265 Å². The molecule has 0 radical (unpaired) electrons. The molecular weight excluding hydrogens is 670 g/mol. The van der Waals surface area contributed by atoms with E-state index in [1.165, 1.54) is 0 Å². The van der Waals surface area contributed by atoms with Crippen molar-refractivity contribution >= 4 is 45.1 Å². The van der Waals surface area contributed by atoms with E-state index in [1.54, 1.807) is 23.6 Å². The highest BCUT2D eigenvalue weighted by Gasteiger charge is 2.39. The Bertz CT molecular complexity index is 1750. The molecule has 1 aromatic heterocycles. The third-order valence-corrected chi connectivity index (χ3v) is 10.9. The standard InChI is InChI=1S/C29H28ClF8N5O2S/c1-4-24(44)43-14(2)9-41(10-15(43)3)26-18-5-16(29(36,37)38)6-23-25(18)42(27(45)40-26)11-17(39-13-28(33,34)35)12-46(23)22-7-19(30)20(31)8-21(22)32/h4-8,14-15,17,39,46H,1,9-13H2,2-3H3/t14-,15+,17-/m0/s1. The van der Waals surface area contributed by atoms with Crippen molar-refractivity contribution in [2.75, 3.05) is 30.3 Å². The summed E-state index contributed by atoms with van der Waals surface area (Å²) >= 11 is 5.95. The predicted octanol–water partition coefficient (Wildman–Crippen LogP) is 5.91. The van der Waals surface area contributed by atoms with E-state index < -0.39 is 82.4 Å². The van der Waals surface area contributed by atoms with Crippen LogP contribution in [0.5, 0.6) is 0 Å². The topological polar surface area (TPSA) is 70.5 Å². The summed E-state index contributed by atoms with van der Waals surface area (Å²) in [6.45, 7) is 5.16. The molecule has 0 saturated carbocycles. The minimum absolute atomic E-state index is 0.0600. The molecule has 5 rings (SSSR count). The highest BCUT2D eigenvalue weighted by atomic mass is 35.5. The van der Waals surface area contributed by atoms with Crippen molar-refractivity contribution in [3.8, 4) is 0 Å². The molecule has 0 bridgehead atoms. The van der Waals surface area contributed by atoms with Crippen molar-refractivity contribution < 1.29 is 39.9 Å². The number of rotatable bonds is 5. The van der Waals surface area contributed by atoms with Crippen LogP contribution in [0, 0.1) is 11.6 Å². The molecule has 17 heteroatoms. The van der Waals surface area contributed by atoms with Gasteiger partial charge >= 0.3 is 18.0 Å². The quantitative estimate of drug-likeness (QED) is 0.150. The number of carbonyl (C=O) groups excluding carboxylic acids is 1. The normalized spacial score (nSPS) is 23.0. The number of benzene rings is 2. The van der Waals surface area contributed by atoms with Gasteiger partial charge in [0.05, 0.1) is 22.6 Å². The molecule has 0 spiro atoms. The molecule has 2 aliphatic heterocycles. The van der Waals surface area contributed by atoms with E-state index in [2.05, 4.69) is 16.9 Å². The van der Waals surface area contributed by atoms with Crippen molar-refractivity contribution in [1.29, 1.82) is 0 Å². The maximum absolute atomic E-state index is 15.4. The monoisotopic (exact) mass is 697 g/mol. The molecule has 250 valence electrons. The highest BCUT2D eigenvalue weighted by Crippen LogP contribution is 2.53. The zero-order valence-corrected chi connectivity index (χ0v) is 26.0. The number of anilines is 1. The van der Waals surface area contributed by atoms with E-state index in [-0.39, 0.29) is 51.3 Å². The van der Waals surface area contributed by atoms with Crippen molar-refractivity contribution in [1.82, 2.24) is 19.8 Å². The Morgan fingerprint density at radius 2 is 1.70 bits per heavy atom. The van der Waals surface area contributed by atoms with Crippen LogP contribution in [-0.2, 0) is 17.5 Å². The number of halogens is 9. The highest BCUT2D eigenvalue weighted by molar-refractivity contribution is 8.17. The Balaban J connectivity index is 1.79. The first-order chi connectivity index (χ1) is 21.4. The SMILES string of the molecule is C=CC(=O)N1[C@H](C)CN(c2nc(=O)n3c4c(cc(C(F)(F)F)cc24)[SH](c2cc(Cl)c(F)cc2F)C[C@@H](NCC(F)(F)F)C3)C[C@@H]1C. The van der Waals surface area contributed by atoms with Crippen LogP contribution >= 0.6 is 22.5 Å². The first kappa shape index (κ1) is 34.0. The Morgan fingerprint density at radius 3 is 2.28 bits per heavy atom. The van der Waals surface area contributed by atoms with Crippen molar-refractivity contribution in [3.05, 3.63) is 69.6 Å². The Kier molecular flexibility index (Phi) is 9.11. The number of aromatic nitrogens is 2. The number of piperazine rings is 1. The first-order valence-electron chi connectivity index (χ1n) is 14.0. The number of hydrogen-bond acceptors (Lipinski definition) is 5. The minimum atomic E-state index is -4.93. The second-order valence-electron chi connectivity index (χ2n) is 11.3. The predicted molar refractivity (Wildman–Crippen MR) is 159 cm³/mol. The molecule has 7 nitrogen and oxygen atoms in total. The van der Waals surface area contributed by atoms with Gasteiger partial charge in [-0.25, -0.2) is 13.6 Å². The fraction of sp³-hybridized carbons (Fsp3) is 0.414. The smallest absolute Gasteiger partial charge is 0.352 e. The third kappa shape index (κ3) is 6.56. The molecule has 1 fully saturated rings. The molecule has 46 heavy (non-hydrogen) atoms. The number of alkyl halides is 6. The number of carbonyl (C=O) groups is 1. The zero-order valence-electron chi connectivity index (χ0n) is 24.3. The molecular formula is C29H28ClF8N5O2S. The van der Waals surface area contributed by atoms with Gasteiger partial charge < -0.3 is 15.1 Å². The maximum Gasteiger partial charge on any atom is 0.416 e. The number of nitrogens with zero attached hydrogens (tertiary/aromatic N) is 4. The van der Waals surface area contributed by atoms with Crippen molar-refractivity contribution in [2.24, 2.45) is 0 Å². The molecule has 3 heterocycles. The zero-order chi connectivity index (χ0) is 33.9. The summed E-state index contributed by atoms with van der Waals surface area (Å²) in [6, 6.07) is 0.808. The summed E-state index contributed by atoms with van der Waals surface area (Å²) in [6.07, 6.45) is -8.47. The van der Waals surface area contributed by atoms with Gasteiger partial charge in [0.25, 0.3) is 0 Å². The van der Waals surface area contributed by atoms with E-state index in [9.17, 15) is 40.3 Å². The molecule has 1 unspecified atom stereocenters. The van der Waals surface area contributed by atoms with Gasteiger partial charge in [-0.05, 0) is 43.9 Å². The largest absolute Gasteiger partial charge is 0.416 e. The van der Waals surface area contributed by atoms with Crippen LogP contribution in [0.4, 0.5) is 40.9 Å². The molecule has 2 aromatic carbocycles. The molecule has 1 saturated heterocycles. The van der Waals surface area contributed by atoms with Gasteiger partial charge in [0.1, 0.15) is 17.5 Å². The van der Waals surface area contributed by atoms with Gasteiger partial charge in [-0.3, -0.25) is 9.36 Å². The first-order valence-corrected chi connectivity index (χ1v) is 15.9. The second kappa shape index (κ2) is 12.3. The number of nitrogens with one attached hydrogen (secondary N) is 1. The van der Waals surface area contributed by atoms with E-state index in [1.807, 2.05) is 0 Å². The average molecular weight is 698 g/mol. The molecule has 3 aromatic rings. The van der Waals surface area contributed by atoms with Crippen molar-refractivity contribution in [3.63, 3.8) is 0 Å². The van der Waals surface area contributed by atoms with Crippen LogP contribution in [-0.4, -0.2) is 70.0 Å². The number of thiol groups is 1. The lowest BCUT2D eigenvalue weighted by Crippen LogP contribution is -2.58. The van der Waals surface area contributed by atoms with Gasteiger partial charge in [0.2, 0.25) is 5.91 Å². The average Bonchev–Trinajstić information content (AvgIpc) is 3.12.